The maximum absolute atomic E-state index is 12.5. The van der Waals surface area contributed by atoms with Gasteiger partial charge in [0.15, 0.2) is 5.60 Å². The van der Waals surface area contributed by atoms with E-state index in [4.69, 9.17) is 30.4 Å². The van der Waals surface area contributed by atoms with Crippen LogP contribution >= 0.6 is 11.6 Å². The third kappa shape index (κ3) is 4.66. The summed E-state index contributed by atoms with van der Waals surface area (Å²) in [5.74, 6) is 0.698. The lowest BCUT2D eigenvalue weighted by molar-refractivity contribution is 0.00578. The van der Waals surface area contributed by atoms with E-state index in [-0.39, 0.29) is 6.54 Å². The summed E-state index contributed by atoms with van der Waals surface area (Å²) in [7, 11) is -0.624. The number of fused-ring (bicyclic) bond motifs is 1. The van der Waals surface area contributed by atoms with Crippen molar-refractivity contribution in [3.63, 3.8) is 0 Å². The zero-order valence-electron chi connectivity index (χ0n) is 21.0. The molecule has 1 atom stereocenters. The van der Waals surface area contributed by atoms with E-state index in [0.29, 0.717) is 17.2 Å². The molecule has 0 aliphatic carbocycles. The van der Waals surface area contributed by atoms with Crippen LogP contribution in [-0.4, -0.2) is 36.6 Å². The van der Waals surface area contributed by atoms with Crippen LogP contribution in [0.15, 0.2) is 42.5 Å². The summed E-state index contributed by atoms with van der Waals surface area (Å²) < 4.78 is 24.7. The fraction of sp³-hybridized carbons (Fsp3) is 0.500. The monoisotopic (exact) mass is 485 g/mol. The summed E-state index contributed by atoms with van der Waals surface area (Å²) in [5, 5.41) is 3.46. The molecule has 0 saturated carbocycles. The minimum Gasteiger partial charge on any atom is -0.480 e. The van der Waals surface area contributed by atoms with Crippen molar-refractivity contribution >= 4 is 30.3 Å². The molecular formula is C26H33BClNO5. The Labute approximate surface area is 207 Å². The van der Waals surface area contributed by atoms with Gasteiger partial charge in [-0.15, -0.1) is 0 Å². The predicted octanol–water partition coefficient (Wildman–Crippen LogP) is 4.99. The Morgan fingerprint density at radius 3 is 2.26 bits per heavy atom. The summed E-state index contributed by atoms with van der Waals surface area (Å²) in [6.07, 6.45) is -0.00570. The number of nitrogens with one attached hydrogen (secondary N) is 1. The fourth-order valence-corrected chi connectivity index (χ4v) is 4.54. The third-order valence-electron chi connectivity index (χ3n) is 6.73. The summed E-state index contributed by atoms with van der Waals surface area (Å²) in [6, 6.07) is 13.5. The summed E-state index contributed by atoms with van der Waals surface area (Å²) in [5.41, 5.74) is 0.201. The maximum Gasteiger partial charge on any atom is 0.496 e. The molecule has 2 aromatic carbocycles. The van der Waals surface area contributed by atoms with Crippen molar-refractivity contribution in [3.8, 4) is 5.75 Å². The number of carbonyl (C=O) groups is 1. The van der Waals surface area contributed by atoms with E-state index in [9.17, 15) is 4.79 Å². The number of benzene rings is 2. The molecule has 2 aromatic rings. The van der Waals surface area contributed by atoms with Gasteiger partial charge < -0.3 is 24.1 Å². The molecule has 182 valence electrons. The van der Waals surface area contributed by atoms with E-state index >= 15 is 0 Å². The molecule has 2 heterocycles. The number of halogens is 1. The van der Waals surface area contributed by atoms with Crippen molar-refractivity contribution in [1.82, 2.24) is 5.32 Å². The smallest absolute Gasteiger partial charge is 0.480 e. The largest absolute Gasteiger partial charge is 0.496 e. The van der Waals surface area contributed by atoms with Crippen molar-refractivity contribution in [2.75, 3.05) is 6.54 Å². The van der Waals surface area contributed by atoms with Crippen LogP contribution in [0.2, 0.25) is 5.02 Å². The molecule has 4 rings (SSSR count). The van der Waals surface area contributed by atoms with Gasteiger partial charge in [-0.05, 0) is 71.7 Å². The second kappa shape index (κ2) is 8.47. The van der Waals surface area contributed by atoms with Gasteiger partial charge in [0.05, 0.1) is 17.7 Å². The first-order valence-corrected chi connectivity index (χ1v) is 12.0. The quantitative estimate of drug-likeness (QED) is 0.618. The number of alkyl carbamates (subject to hydrolysis) is 1. The van der Waals surface area contributed by atoms with Crippen LogP contribution in [0.4, 0.5) is 4.79 Å². The lowest BCUT2D eigenvalue weighted by Gasteiger charge is -2.32. The molecule has 1 fully saturated rings. The summed E-state index contributed by atoms with van der Waals surface area (Å²) in [4.78, 5) is 12.5. The Hall–Kier alpha value is -2.22. The van der Waals surface area contributed by atoms with Gasteiger partial charge in [-0.1, -0.05) is 41.9 Å². The fourth-order valence-electron chi connectivity index (χ4n) is 4.27. The molecule has 2 aliphatic heterocycles. The Morgan fingerprint density at radius 1 is 1.06 bits per heavy atom. The second-order valence-corrected chi connectivity index (χ2v) is 11.4. The minimum atomic E-state index is -0.830. The van der Waals surface area contributed by atoms with Gasteiger partial charge in [-0.2, -0.15) is 0 Å². The molecule has 1 N–H and O–H groups in total. The van der Waals surface area contributed by atoms with Gasteiger partial charge >= 0.3 is 13.2 Å². The normalized spacial score (nSPS) is 22.8. The van der Waals surface area contributed by atoms with E-state index in [1.165, 1.54) is 0 Å². The van der Waals surface area contributed by atoms with Gasteiger partial charge in [0, 0.05) is 16.9 Å². The first kappa shape index (κ1) is 24.9. The van der Waals surface area contributed by atoms with Crippen molar-refractivity contribution in [2.45, 2.75) is 77.3 Å². The highest BCUT2D eigenvalue weighted by atomic mass is 35.5. The molecule has 0 bridgehead atoms. The van der Waals surface area contributed by atoms with Crippen LogP contribution < -0.4 is 15.5 Å². The van der Waals surface area contributed by atoms with Crippen LogP contribution in [0.3, 0.4) is 0 Å². The van der Waals surface area contributed by atoms with E-state index in [1.807, 2.05) is 90.9 Å². The molecule has 2 aliphatic rings. The van der Waals surface area contributed by atoms with Crippen LogP contribution in [0.5, 0.6) is 5.75 Å². The molecule has 0 aromatic heterocycles. The number of hydrogen-bond donors (Lipinski definition) is 1. The minimum absolute atomic E-state index is 0.223. The molecular weight excluding hydrogens is 453 g/mol. The van der Waals surface area contributed by atoms with Crippen LogP contribution in [-0.2, 0) is 26.1 Å². The zero-order chi connectivity index (χ0) is 24.9. The molecule has 8 heteroatoms. The Morgan fingerprint density at radius 2 is 1.68 bits per heavy atom. The van der Waals surface area contributed by atoms with Crippen molar-refractivity contribution in [1.29, 1.82) is 0 Å². The van der Waals surface area contributed by atoms with E-state index in [2.05, 4.69) is 5.32 Å². The van der Waals surface area contributed by atoms with Crippen LogP contribution in [0, 0.1) is 0 Å². The van der Waals surface area contributed by atoms with Gasteiger partial charge in [0.25, 0.3) is 0 Å². The molecule has 0 spiro atoms. The highest BCUT2D eigenvalue weighted by Crippen LogP contribution is 2.44. The summed E-state index contributed by atoms with van der Waals surface area (Å²) in [6.45, 7) is 13.8. The molecule has 34 heavy (non-hydrogen) atoms. The predicted molar refractivity (Wildman–Crippen MR) is 134 cm³/mol. The number of hydrogen-bond acceptors (Lipinski definition) is 5. The van der Waals surface area contributed by atoms with E-state index < -0.39 is 35.6 Å². The van der Waals surface area contributed by atoms with Gasteiger partial charge in [0.1, 0.15) is 11.4 Å². The zero-order valence-corrected chi connectivity index (χ0v) is 21.7. The third-order valence-corrected chi connectivity index (χ3v) is 7.06. The van der Waals surface area contributed by atoms with E-state index in [1.54, 1.807) is 0 Å². The molecule has 0 radical (unpaired) electrons. The van der Waals surface area contributed by atoms with Crippen molar-refractivity contribution < 1.29 is 23.6 Å². The lowest BCUT2D eigenvalue weighted by Crippen LogP contribution is -2.46. The van der Waals surface area contributed by atoms with Crippen LogP contribution in [0.25, 0.3) is 0 Å². The average molecular weight is 486 g/mol. The Bertz CT molecular complexity index is 1070. The highest BCUT2D eigenvalue weighted by Gasteiger charge is 2.54. The topological polar surface area (TPSA) is 66.0 Å². The SMILES string of the molecule is CC(C)(C)OC(=O)NC[C@@]1(c2ccccc2)Cc2c(ccc(Cl)c2B2OC(C)(C)C(C)(C)O2)O1. The molecule has 6 nitrogen and oxygen atoms in total. The maximum atomic E-state index is 12.5. The highest BCUT2D eigenvalue weighted by molar-refractivity contribution is 6.66. The number of amides is 1. The van der Waals surface area contributed by atoms with Crippen molar-refractivity contribution in [3.05, 3.63) is 58.6 Å². The number of rotatable bonds is 4. The Kier molecular flexibility index (Phi) is 6.20. The first-order valence-electron chi connectivity index (χ1n) is 11.6. The summed E-state index contributed by atoms with van der Waals surface area (Å²) >= 11 is 6.71. The van der Waals surface area contributed by atoms with Gasteiger partial charge in [-0.25, -0.2) is 4.79 Å². The standard InChI is InChI=1S/C26H33BClNO5/c1-23(2,3)32-22(30)29-16-26(17-11-9-8-10-12-17)15-18-20(31-26)14-13-19(28)21(18)27-33-24(4,5)25(6,7)34-27/h8-14H,15-16H2,1-7H3,(H,29,30)/t26-/m1/s1. The Balaban J connectivity index is 1.69. The molecule has 1 saturated heterocycles. The van der Waals surface area contributed by atoms with Gasteiger partial charge in [-0.3, -0.25) is 0 Å². The number of carbonyl (C=O) groups excluding carboxylic acids is 1. The first-order chi connectivity index (χ1) is 15.7. The average Bonchev–Trinajstić information content (AvgIpc) is 3.20. The van der Waals surface area contributed by atoms with Gasteiger partial charge in [0.2, 0.25) is 0 Å². The lowest BCUT2D eigenvalue weighted by atomic mass is 9.73. The van der Waals surface area contributed by atoms with E-state index in [0.717, 1.165) is 16.6 Å². The number of ether oxygens (including phenoxy) is 2. The second-order valence-electron chi connectivity index (χ2n) is 11.0. The van der Waals surface area contributed by atoms with Crippen molar-refractivity contribution in [2.24, 2.45) is 0 Å². The molecule has 1 amide bonds. The molecule has 0 unspecified atom stereocenters. The van der Waals surface area contributed by atoms with Crippen LogP contribution in [0.1, 0.15) is 59.6 Å².